The first-order valence-electron chi connectivity index (χ1n) is 3.27. The number of hydrogen-bond acceptors (Lipinski definition) is 0. The lowest BCUT2D eigenvalue weighted by Gasteiger charge is -2.32. The molecule has 0 aromatic heterocycles. The predicted molar refractivity (Wildman–Crippen MR) is 55.6 cm³/mol. The molecule has 0 amide bonds. The van der Waals surface area contributed by atoms with Crippen LogP contribution in [0, 0.1) is 0 Å². The highest BCUT2D eigenvalue weighted by atomic mass is 127. The van der Waals surface area contributed by atoms with Gasteiger partial charge in [-0.3, -0.25) is 0 Å². The van der Waals surface area contributed by atoms with Gasteiger partial charge < -0.3 is 0 Å². The molecule has 1 heterocycles. The van der Waals surface area contributed by atoms with E-state index in [1.54, 1.807) is 0 Å². The molecule has 0 aromatic rings. The third-order valence-corrected chi connectivity index (χ3v) is 10.1. The summed E-state index contributed by atoms with van der Waals surface area (Å²) in [5.74, 6) is 2.70. The van der Waals surface area contributed by atoms with Crippen molar-refractivity contribution in [2.24, 2.45) is 0 Å². The highest BCUT2D eigenvalue weighted by Gasteiger charge is 2.24. The van der Waals surface area contributed by atoms with Crippen LogP contribution in [0.5, 0.6) is 0 Å². The van der Waals surface area contributed by atoms with E-state index in [1.165, 1.54) is 11.5 Å². The quantitative estimate of drug-likeness (QED) is 0.499. The molecule has 1 rings (SSSR count). The van der Waals surface area contributed by atoms with E-state index in [1.807, 2.05) is 0 Å². The zero-order chi connectivity index (χ0) is 6.91. The topological polar surface area (TPSA) is 0 Å². The summed E-state index contributed by atoms with van der Waals surface area (Å²) in [5, 5.41) is 0.896. The Morgan fingerprint density at radius 1 is 1.33 bits per heavy atom. The summed E-state index contributed by atoms with van der Waals surface area (Å²) in [5.41, 5.74) is 0. The Kier molecular flexibility index (Phi) is 2.49. The lowest BCUT2D eigenvalue weighted by molar-refractivity contribution is 1.10. The van der Waals surface area contributed by atoms with Crippen LogP contribution in [-0.2, 0) is 0 Å². The van der Waals surface area contributed by atoms with E-state index in [0.29, 0.717) is 0 Å². The molecule has 0 N–H and O–H groups in total. The lowest BCUT2D eigenvalue weighted by atomic mass is 10.6. The molecule has 1 aliphatic rings. The van der Waals surface area contributed by atoms with E-state index in [9.17, 15) is 0 Å². The summed E-state index contributed by atoms with van der Waals surface area (Å²) in [6.45, 7) is 4.68. The molecule has 0 aliphatic carbocycles. The lowest BCUT2D eigenvalue weighted by Crippen LogP contribution is -2.06. The maximum Gasteiger partial charge on any atom is 0.00422 e. The van der Waals surface area contributed by atoms with E-state index >= 15 is 0 Å². The Hall–Kier alpha value is 0.820. The van der Waals surface area contributed by atoms with Crippen molar-refractivity contribution in [2.75, 3.05) is 11.5 Å². The summed E-state index contributed by atoms with van der Waals surface area (Å²) >= 11 is 2.68. The molecule has 9 heavy (non-hydrogen) atoms. The summed E-state index contributed by atoms with van der Waals surface area (Å²) in [6, 6.07) is 0. The molecule has 0 fully saturated rings. The van der Waals surface area contributed by atoms with Crippen LogP contribution in [0.2, 0.25) is 0 Å². The summed E-state index contributed by atoms with van der Waals surface area (Å²) in [4.78, 5) is 0. The summed E-state index contributed by atoms with van der Waals surface area (Å²) in [7, 11) is -0.261. The maximum absolute atomic E-state index is 2.68. The van der Waals surface area contributed by atoms with E-state index < -0.39 is 0 Å². The zero-order valence-electron chi connectivity index (χ0n) is 5.93. The first-order chi connectivity index (χ1) is 4.15. The smallest absolute Gasteiger partial charge is 0.00422 e. The van der Waals surface area contributed by atoms with Gasteiger partial charge in [0.05, 0.1) is 0 Å². The van der Waals surface area contributed by atoms with E-state index in [2.05, 4.69) is 47.2 Å². The Bertz CT molecular complexity index is 121. The zero-order valence-corrected chi connectivity index (χ0v) is 8.91. The Morgan fingerprint density at radius 2 is 1.78 bits per heavy atom. The molecule has 54 valence electrons. The molecule has 0 nitrogen and oxygen atoms in total. The van der Waals surface area contributed by atoms with E-state index in [-0.39, 0.29) is 7.20 Å². The molecule has 0 saturated carbocycles. The van der Waals surface area contributed by atoms with E-state index in [4.69, 9.17) is 0 Å². The fourth-order valence-electron chi connectivity index (χ4n) is 0.909. The van der Waals surface area contributed by atoms with Gasteiger partial charge >= 0.3 is 0 Å². The molecular weight excluding hydrogens is 243 g/mol. The summed E-state index contributed by atoms with van der Waals surface area (Å²) in [6.07, 6.45) is 4.67. The van der Waals surface area contributed by atoms with Crippen molar-refractivity contribution in [3.63, 3.8) is 0 Å². The van der Waals surface area contributed by atoms with Crippen molar-refractivity contribution < 1.29 is 0 Å². The fourth-order valence-corrected chi connectivity index (χ4v) is 3.97. The highest BCUT2D eigenvalue weighted by molar-refractivity contribution is 14.2. The number of halogens is 1. The minimum absolute atomic E-state index is 0.261. The van der Waals surface area contributed by atoms with Crippen LogP contribution in [0.3, 0.4) is 0 Å². The normalized spacial score (nSPS) is 27.1. The third kappa shape index (κ3) is 1.64. The molecule has 0 spiro atoms. The van der Waals surface area contributed by atoms with Crippen LogP contribution in [-0.4, -0.2) is 16.8 Å². The van der Waals surface area contributed by atoms with Crippen molar-refractivity contribution in [1.29, 1.82) is 0 Å². The Morgan fingerprint density at radius 3 is 2.00 bits per heavy atom. The molecule has 0 unspecified atom stereocenters. The largest absolute Gasteiger partial charge is 0.178 e. The van der Waals surface area contributed by atoms with Gasteiger partial charge in [0.25, 0.3) is 0 Å². The van der Waals surface area contributed by atoms with Gasteiger partial charge in [-0.25, -0.2) is 0 Å². The minimum Gasteiger partial charge on any atom is -0.178 e. The van der Waals surface area contributed by atoms with Crippen LogP contribution in [0.25, 0.3) is 0 Å². The van der Waals surface area contributed by atoms with Crippen molar-refractivity contribution in [3.05, 3.63) is 12.2 Å². The van der Waals surface area contributed by atoms with Gasteiger partial charge in [-0.1, -0.05) is 26.0 Å². The van der Waals surface area contributed by atoms with Crippen LogP contribution in [0.4, 0.5) is 0 Å². The van der Waals surface area contributed by atoms with Gasteiger partial charge in [0, 0.05) is 11.5 Å². The van der Waals surface area contributed by atoms with Gasteiger partial charge in [-0.15, -0.1) is 0 Å². The molecule has 0 saturated heterocycles. The fraction of sp³-hybridized carbons (Fsp3) is 0.714. The average Bonchev–Trinajstić information content (AvgIpc) is 2.16. The van der Waals surface area contributed by atoms with Crippen LogP contribution >= 0.6 is 28.4 Å². The average molecular weight is 256 g/mol. The van der Waals surface area contributed by atoms with Gasteiger partial charge in [-0.05, 0) is 26.5 Å². The van der Waals surface area contributed by atoms with Crippen LogP contribution < -0.4 is 0 Å². The van der Waals surface area contributed by atoms with Crippen molar-refractivity contribution >= 4 is 28.4 Å². The second kappa shape index (κ2) is 2.82. The molecule has 1 aliphatic heterocycles. The molecule has 0 radical (unpaired) electrons. The third-order valence-electron chi connectivity index (χ3n) is 1.76. The highest BCUT2D eigenvalue weighted by Crippen LogP contribution is 2.62. The summed E-state index contributed by atoms with van der Waals surface area (Å²) < 4.78 is 0. The van der Waals surface area contributed by atoms with Crippen molar-refractivity contribution in [1.82, 2.24) is 0 Å². The molecule has 0 aromatic carbocycles. The first-order valence-corrected chi connectivity index (χ1v) is 7.85. The second-order valence-corrected chi connectivity index (χ2v) is 11.3. The minimum atomic E-state index is -0.261. The first kappa shape index (κ1) is 7.92. The maximum atomic E-state index is 2.68. The van der Waals surface area contributed by atoms with Crippen LogP contribution in [0.15, 0.2) is 12.2 Å². The van der Waals surface area contributed by atoms with Gasteiger partial charge in [0.1, 0.15) is 0 Å². The molecule has 0 atom stereocenters. The van der Waals surface area contributed by atoms with Gasteiger partial charge in [0.15, 0.2) is 0 Å². The Labute approximate surface area is 71.0 Å². The standard InChI is InChI=1S/C7H13IS/c1-7(2)9(8)5-3-4-6-9/h3-4,7H,5-6H2,1-2H3. The SMILES string of the molecule is CC(C)S1(I)CC=CC1. The van der Waals surface area contributed by atoms with E-state index in [0.717, 1.165) is 5.25 Å². The van der Waals surface area contributed by atoms with Crippen LogP contribution in [0.1, 0.15) is 13.8 Å². The molecular formula is C7H13IS. The monoisotopic (exact) mass is 256 g/mol. The number of rotatable bonds is 1. The Balaban J connectivity index is 2.55. The molecule has 0 bridgehead atoms. The predicted octanol–water partition coefficient (Wildman–Crippen LogP) is 3.12. The van der Waals surface area contributed by atoms with Gasteiger partial charge in [0.2, 0.25) is 0 Å². The number of hydrogen-bond donors (Lipinski definition) is 0. The van der Waals surface area contributed by atoms with Crippen molar-refractivity contribution in [3.8, 4) is 0 Å². The second-order valence-electron chi connectivity index (χ2n) is 2.70. The molecule has 2 heteroatoms. The van der Waals surface area contributed by atoms with Gasteiger partial charge in [-0.2, -0.15) is 7.20 Å². The van der Waals surface area contributed by atoms with Crippen molar-refractivity contribution in [2.45, 2.75) is 19.1 Å².